The highest BCUT2D eigenvalue weighted by Crippen LogP contribution is 2.30. The largest absolute Gasteiger partial charge is 0.286 e. The smallest absolute Gasteiger partial charge is 0.0830 e. The maximum atomic E-state index is 4.86. The van der Waals surface area contributed by atoms with Crippen molar-refractivity contribution in [1.82, 2.24) is 0 Å². The number of aliphatic imine (C=N–C) groups is 2. The molecule has 0 radical (unpaired) electrons. The maximum Gasteiger partial charge on any atom is 0.0830 e. The minimum absolute atomic E-state index is 0.0982. The van der Waals surface area contributed by atoms with Gasteiger partial charge in [-0.25, -0.2) is 0 Å². The molecule has 0 aromatic heterocycles. The normalized spacial score (nSPS) is 16.9. The molecule has 1 aliphatic carbocycles. The van der Waals surface area contributed by atoms with E-state index in [4.69, 9.17) is 4.99 Å². The van der Waals surface area contributed by atoms with Crippen LogP contribution in [0.4, 0.5) is 0 Å². The van der Waals surface area contributed by atoms with Crippen LogP contribution in [0, 0.1) is 6.92 Å². The van der Waals surface area contributed by atoms with Crippen LogP contribution in [0.2, 0.25) is 0 Å². The molecule has 0 heterocycles. The summed E-state index contributed by atoms with van der Waals surface area (Å²) in [6, 6.07) is 4.65. The van der Waals surface area contributed by atoms with Gasteiger partial charge in [0.1, 0.15) is 0 Å². The average Bonchev–Trinajstić information content (AvgIpc) is 2.64. The highest BCUT2D eigenvalue weighted by atomic mass is 14.8. The van der Waals surface area contributed by atoms with E-state index in [1.165, 1.54) is 22.3 Å². The predicted molar refractivity (Wildman–Crippen MR) is 120 cm³/mol. The van der Waals surface area contributed by atoms with E-state index in [1.54, 1.807) is 0 Å². The van der Waals surface area contributed by atoms with E-state index in [1.807, 2.05) is 37.4 Å². The van der Waals surface area contributed by atoms with Crippen molar-refractivity contribution in [1.29, 1.82) is 0 Å². The summed E-state index contributed by atoms with van der Waals surface area (Å²) in [6.45, 7) is 17.6. The molecule has 2 rings (SSSR count). The molecule has 142 valence electrons. The van der Waals surface area contributed by atoms with Gasteiger partial charge < -0.3 is 0 Å². The molecule has 0 spiro atoms. The van der Waals surface area contributed by atoms with Crippen molar-refractivity contribution in [3.63, 3.8) is 0 Å². The van der Waals surface area contributed by atoms with Crippen LogP contribution >= 0.6 is 0 Å². The summed E-state index contributed by atoms with van der Waals surface area (Å²) in [6.07, 6.45) is 11.8. The van der Waals surface area contributed by atoms with Gasteiger partial charge in [0.2, 0.25) is 0 Å². The molecular weight excluding hydrogens is 328 g/mol. The van der Waals surface area contributed by atoms with Gasteiger partial charge in [0.05, 0.1) is 18.0 Å². The molecule has 27 heavy (non-hydrogen) atoms. The first-order chi connectivity index (χ1) is 12.8. The monoisotopic (exact) mass is 360 g/mol. The Kier molecular flexibility index (Phi) is 6.90. The van der Waals surface area contributed by atoms with Crippen LogP contribution < -0.4 is 0 Å². The first-order valence-electron chi connectivity index (χ1n) is 9.55. The molecule has 0 unspecified atom stereocenters. The van der Waals surface area contributed by atoms with Crippen molar-refractivity contribution in [2.75, 3.05) is 7.05 Å². The van der Waals surface area contributed by atoms with Crippen LogP contribution in [0.15, 0.2) is 71.2 Å². The minimum atomic E-state index is 0.0982. The summed E-state index contributed by atoms with van der Waals surface area (Å²) in [7, 11) is 1.81. The number of benzene rings is 1. The first-order valence-corrected chi connectivity index (χ1v) is 9.55. The Labute approximate surface area is 164 Å². The zero-order valence-electron chi connectivity index (χ0n) is 17.5. The fourth-order valence-corrected chi connectivity index (χ4v) is 3.29. The Morgan fingerprint density at radius 2 is 1.78 bits per heavy atom. The average molecular weight is 361 g/mol. The number of rotatable bonds is 6. The summed E-state index contributed by atoms with van der Waals surface area (Å²) < 4.78 is 0. The highest BCUT2D eigenvalue weighted by molar-refractivity contribution is 6.51. The molecule has 0 N–H and O–H groups in total. The van der Waals surface area contributed by atoms with Crippen molar-refractivity contribution in [3.8, 4) is 0 Å². The third kappa shape index (κ3) is 5.50. The minimum Gasteiger partial charge on any atom is -0.286 e. The van der Waals surface area contributed by atoms with Gasteiger partial charge >= 0.3 is 0 Å². The predicted octanol–water partition coefficient (Wildman–Crippen LogP) is 6.11. The second-order valence-corrected chi connectivity index (χ2v) is 8.07. The van der Waals surface area contributed by atoms with Crippen molar-refractivity contribution < 1.29 is 0 Å². The van der Waals surface area contributed by atoms with Gasteiger partial charge in [-0.2, -0.15) is 0 Å². The van der Waals surface area contributed by atoms with Crippen molar-refractivity contribution in [3.05, 3.63) is 83.5 Å². The van der Waals surface area contributed by atoms with Crippen LogP contribution in [0.5, 0.6) is 0 Å². The number of nitrogens with zero attached hydrogens (tertiary/aromatic N) is 2. The molecule has 0 aliphatic heterocycles. The molecule has 0 fully saturated rings. The Morgan fingerprint density at radius 1 is 1.11 bits per heavy atom. The quantitative estimate of drug-likeness (QED) is 0.432. The van der Waals surface area contributed by atoms with Crippen molar-refractivity contribution in [2.24, 2.45) is 9.98 Å². The summed E-state index contributed by atoms with van der Waals surface area (Å²) >= 11 is 0. The van der Waals surface area contributed by atoms with Crippen LogP contribution in [0.25, 0.3) is 0 Å². The van der Waals surface area contributed by atoms with E-state index in [2.05, 4.69) is 58.0 Å². The Morgan fingerprint density at radius 3 is 2.37 bits per heavy atom. The van der Waals surface area contributed by atoms with Crippen LogP contribution in [-0.4, -0.2) is 18.5 Å². The summed E-state index contributed by atoms with van der Waals surface area (Å²) in [5.41, 5.74) is 8.41. The highest BCUT2D eigenvalue weighted by Gasteiger charge is 2.19. The molecule has 0 atom stereocenters. The number of allylic oxidation sites excluding steroid dienone is 6. The maximum absolute atomic E-state index is 4.86. The summed E-state index contributed by atoms with van der Waals surface area (Å²) in [5.74, 6) is 0. The lowest BCUT2D eigenvalue weighted by atomic mass is 9.81. The third-order valence-electron chi connectivity index (χ3n) is 4.95. The lowest BCUT2D eigenvalue weighted by Crippen LogP contribution is -2.16. The topological polar surface area (TPSA) is 24.7 Å². The zero-order chi connectivity index (χ0) is 20.0. The number of hydrogen-bond donors (Lipinski definition) is 0. The van der Waals surface area contributed by atoms with E-state index in [9.17, 15) is 0 Å². The summed E-state index contributed by atoms with van der Waals surface area (Å²) in [4.78, 5) is 9.18. The van der Waals surface area contributed by atoms with E-state index in [0.717, 1.165) is 29.8 Å². The second kappa shape index (κ2) is 8.94. The lowest BCUT2D eigenvalue weighted by Gasteiger charge is -2.25. The van der Waals surface area contributed by atoms with E-state index in [0.29, 0.717) is 6.54 Å². The Balaban J connectivity index is 2.39. The third-order valence-corrected chi connectivity index (χ3v) is 4.95. The van der Waals surface area contributed by atoms with Crippen LogP contribution in [0.3, 0.4) is 0 Å². The van der Waals surface area contributed by atoms with Crippen LogP contribution in [0.1, 0.15) is 49.4 Å². The van der Waals surface area contributed by atoms with Crippen molar-refractivity contribution >= 4 is 11.4 Å². The molecule has 0 amide bonds. The molecule has 1 aromatic rings. The molecule has 0 saturated heterocycles. The van der Waals surface area contributed by atoms with Gasteiger partial charge in [-0.3, -0.25) is 9.98 Å². The molecule has 0 saturated carbocycles. The van der Waals surface area contributed by atoms with Gasteiger partial charge in [-0.15, -0.1) is 0 Å². The van der Waals surface area contributed by atoms with E-state index < -0.39 is 0 Å². The van der Waals surface area contributed by atoms with Gasteiger partial charge in [-0.05, 0) is 59.6 Å². The molecular formula is C25H32N2. The molecule has 1 aliphatic rings. The van der Waals surface area contributed by atoms with Crippen LogP contribution in [-0.2, 0) is 18.4 Å². The molecule has 0 bridgehead atoms. The van der Waals surface area contributed by atoms with Gasteiger partial charge in [0.25, 0.3) is 0 Å². The zero-order valence-corrected chi connectivity index (χ0v) is 17.5. The van der Waals surface area contributed by atoms with E-state index in [-0.39, 0.29) is 5.41 Å². The molecule has 2 nitrogen and oxygen atoms in total. The number of aryl methyl sites for hydroxylation is 1. The Hall–Kier alpha value is -2.48. The van der Waals surface area contributed by atoms with E-state index >= 15 is 0 Å². The number of hydrogen-bond acceptors (Lipinski definition) is 2. The fraction of sp³-hybridized carbons (Fsp3) is 0.360. The van der Waals surface area contributed by atoms with Crippen molar-refractivity contribution in [2.45, 2.75) is 52.5 Å². The van der Waals surface area contributed by atoms with Gasteiger partial charge in [0, 0.05) is 7.05 Å². The first kappa shape index (κ1) is 20.8. The second-order valence-electron chi connectivity index (χ2n) is 8.07. The standard InChI is InChI=1S/C25H32N2/c1-8-18(2)13-14-20-15-21(19(3)22(16-20)25(4,5)6)17-27-24-12-10-9-11-23(24)26-7/h8-12,15-16H,1-2,13-14,17H2,3-7H3/b26-23-,27-24-. The SMILES string of the molecule is C=CC(=C)CCc1cc(C/N=C2/C=CC=C/C2=N/C)c(C)c(C(C)(C)C)c1. The lowest BCUT2D eigenvalue weighted by molar-refractivity contribution is 0.583. The fourth-order valence-electron chi connectivity index (χ4n) is 3.29. The van der Waals surface area contributed by atoms with Gasteiger partial charge in [-0.1, -0.05) is 69.9 Å². The Bertz CT molecular complexity index is 840. The molecule has 1 aromatic carbocycles. The van der Waals surface area contributed by atoms with Gasteiger partial charge in [0.15, 0.2) is 0 Å². The molecule has 2 heteroatoms. The summed E-state index contributed by atoms with van der Waals surface area (Å²) in [5, 5.41) is 0.